The molecule has 162 valence electrons. The standard InChI is InChI=1S/C23H18ClN3O3S2/c1-13-3-4-14(11-17(13)24)19-9-6-15(30-19)7-10-21(28)26-22(31)27-23-25-18-8-5-16(29-2)12-20(18)32-23/h3-12H,1-2H3,(H2,25,26,27,28,31)/b10-7+. The van der Waals surface area contributed by atoms with Gasteiger partial charge in [-0.15, -0.1) is 0 Å². The fourth-order valence-electron chi connectivity index (χ4n) is 2.87. The van der Waals surface area contributed by atoms with E-state index >= 15 is 0 Å². The van der Waals surface area contributed by atoms with Crippen LogP contribution in [0.4, 0.5) is 5.13 Å². The smallest absolute Gasteiger partial charge is 0.250 e. The van der Waals surface area contributed by atoms with E-state index in [1.807, 2.05) is 49.4 Å². The number of methoxy groups -OCH3 is 1. The van der Waals surface area contributed by atoms with E-state index in [1.54, 1.807) is 19.3 Å². The molecule has 2 aromatic carbocycles. The first-order valence-electron chi connectivity index (χ1n) is 9.52. The Hall–Kier alpha value is -3.20. The van der Waals surface area contributed by atoms with Gasteiger partial charge < -0.3 is 14.5 Å². The molecule has 0 bridgehead atoms. The fraction of sp³-hybridized carbons (Fsp3) is 0.0870. The highest BCUT2D eigenvalue weighted by Crippen LogP contribution is 2.29. The highest BCUT2D eigenvalue weighted by atomic mass is 35.5. The molecule has 32 heavy (non-hydrogen) atoms. The largest absolute Gasteiger partial charge is 0.497 e. The Morgan fingerprint density at radius 3 is 2.84 bits per heavy atom. The molecule has 6 nitrogen and oxygen atoms in total. The van der Waals surface area contributed by atoms with Gasteiger partial charge in [0.1, 0.15) is 17.3 Å². The molecule has 2 N–H and O–H groups in total. The molecule has 0 saturated heterocycles. The zero-order chi connectivity index (χ0) is 22.7. The number of furan rings is 1. The van der Waals surface area contributed by atoms with Gasteiger partial charge in [0.2, 0.25) is 5.91 Å². The van der Waals surface area contributed by atoms with Crippen molar-refractivity contribution in [1.82, 2.24) is 10.3 Å². The Balaban J connectivity index is 1.35. The monoisotopic (exact) mass is 483 g/mol. The van der Waals surface area contributed by atoms with E-state index in [2.05, 4.69) is 15.6 Å². The van der Waals surface area contributed by atoms with Crippen molar-refractivity contribution >= 4 is 67.6 Å². The molecule has 0 aliphatic heterocycles. The summed E-state index contributed by atoms with van der Waals surface area (Å²) in [6.07, 6.45) is 2.92. The number of halogens is 1. The summed E-state index contributed by atoms with van der Waals surface area (Å²) in [6.45, 7) is 1.94. The van der Waals surface area contributed by atoms with Crippen molar-refractivity contribution in [3.63, 3.8) is 0 Å². The maximum atomic E-state index is 12.2. The SMILES string of the molecule is COc1ccc2nc(NC(=S)NC(=O)/C=C/c3ccc(-c4ccc(C)c(Cl)c4)o3)sc2c1. The van der Waals surface area contributed by atoms with Crippen LogP contribution < -0.4 is 15.4 Å². The second kappa shape index (κ2) is 9.52. The van der Waals surface area contributed by atoms with Crippen molar-refractivity contribution in [3.05, 3.63) is 71.0 Å². The molecule has 1 amide bonds. The molecular formula is C23H18ClN3O3S2. The zero-order valence-corrected chi connectivity index (χ0v) is 19.5. The molecule has 2 heterocycles. The van der Waals surface area contributed by atoms with E-state index in [0.29, 0.717) is 21.7 Å². The second-order valence-electron chi connectivity index (χ2n) is 6.80. The average Bonchev–Trinajstić information content (AvgIpc) is 3.40. The first kappa shape index (κ1) is 22.0. The Bertz CT molecular complexity index is 1340. The summed E-state index contributed by atoms with van der Waals surface area (Å²) < 4.78 is 11.9. The molecule has 0 spiro atoms. The number of aromatic nitrogens is 1. The summed E-state index contributed by atoms with van der Waals surface area (Å²) in [6, 6.07) is 14.9. The number of benzene rings is 2. The molecule has 4 rings (SSSR count). The maximum Gasteiger partial charge on any atom is 0.250 e. The molecule has 0 aliphatic carbocycles. The summed E-state index contributed by atoms with van der Waals surface area (Å²) >= 11 is 12.8. The van der Waals surface area contributed by atoms with Gasteiger partial charge in [0.15, 0.2) is 10.2 Å². The number of thiazole rings is 1. The van der Waals surface area contributed by atoms with Crippen LogP contribution in [-0.2, 0) is 4.79 Å². The van der Waals surface area contributed by atoms with E-state index in [9.17, 15) is 4.79 Å². The summed E-state index contributed by atoms with van der Waals surface area (Å²) in [5, 5.41) is 6.93. The number of nitrogens with one attached hydrogen (secondary N) is 2. The van der Waals surface area contributed by atoms with Crippen LogP contribution in [0.1, 0.15) is 11.3 Å². The first-order chi connectivity index (χ1) is 15.4. The predicted octanol–water partition coefficient (Wildman–Crippen LogP) is 6.05. The third-order valence-corrected chi connectivity index (χ3v) is 6.08. The van der Waals surface area contributed by atoms with Gasteiger partial charge in [0.25, 0.3) is 0 Å². The van der Waals surface area contributed by atoms with Crippen LogP contribution in [0.5, 0.6) is 5.75 Å². The number of thiocarbonyl (C=S) groups is 1. The van der Waals surface area contributed by atoms with Crippen LogP contribution in [0.2, 0.25) is 5.02 Å². The lowest BCUT2D eigenvalue weighted by atomic mass is 10.1. The van der Waals surface area contributed by atoms with Crippen LogP contribution >= 0.6 is 35.2 Å². The van der Waals surface area contributed by atoms with Gasteiger partial charge in [-0.1, -0.05) is 35.1 Å². The number of nitrogens with zero attached hydrogens (tertiary/aromatic N) is 1. The maximum absolute atomic E-state index is 12.2. The minimum atomic E-state index is -0.387. The second-order valence-corrected chi connectivity index (χ2v) is 8.64. The van der Waals surface area contributed by atoms with Crippen molar-refractivity contribution in [2.45, 2.75) is 6.92 Å². The Morgan fingerprint density at radius 2 is 2.06 bits per heavy atom. The van der Waals surface area contributed by atoms with E-state index in [4.69, 9.17) is 33.0 Å². The summed E-state index contributed by atoms with van der Waals surface area (Å²) in [7, 11) is 1.61. The van der Waals surface area contributed by atoms with Gasteiger partial charge in [-0.05, 0) is 67.2 Å². The Morgan fingerprint density at radius 1 is 1.22 bits per heavy atom. The molecule has 0 fully saturated rings. The average molecular weight is 484 g/mol. The van der Waals surface area contributed by atoms with Crippen molar-refractivity contribution < 1.29 is 13.9 Å². The van der Waals surface area contributed by atoms with E-state index < -0.39 is 0 Å². The quantitative estimate of drug-likeness (QED) is 0.265. The van der Waals surface area contributed by atoms with Crippen LogP contribution in [0, 0.1) is 6.92 Å². The summed E-state index contributed by atoms with van der Waals surface area (Å²) in [5.41, 5.74) is 2.67. The molecule has 4 aromatic rings. The fourth-order valence-corrected chi connectivity index (χ4v) is 4.21. The number of hydrogen-bond acceptors (Lipinski definition) is 6. The van der Waals surface area contributed by atoms with Crippen molar-refractivity contribution in [1.29, 1.82) is 0 Å². The number of fused-ring (bicyclic) bond motifs is 1. The zero-order valence-electron chi connectivity index (χ0n) is 17.1. The Labute approximate surface area is 198 Å². The van der Waals surface area contributed by atoms with Crippen molar-refractivity contribution in [2.24, 2.45) is 0 Å². The third-order valence-electron chi connectivity index (χ3n) is 4.53. The van der Waals surface area contributed by atoms with Gasteiger partial charge in [-0.25, -0.2) is 4.98 Å². The van der Waals surface area contributed by atoms with Crippen LogP contribution in [0.25, 0.3) is 27.6 Å². The third kappa shape index (κ3) is 5.16. The number of ether oxygens (including phenoxy) is 1. The number of hydrogen-bond donors (Lipinski definition) is 2. The highest BCUT2D eigenvalue weighted by molar-refractivity contribution is 7.80. The molecule has 0 unspecified atom stereocenters. The molecule has 0 aliphatic rings. The molecule has 0 radical (unpaired) electrons. The van der Waals surface area contributed by atoms with Gasteiger partial charge >= 0.3 is 0 Å². The van der Waals surface area contributed by atoms with Gasteiger partial charge in [-0.3, -0.25) is 10.1 Å². The van der Waals surface area contributed by atoms with Crippen molar-refractivity contribution in [3.8, 4) is 17.1 Å². The van der Waals surface area contributed by atoms with Crippen LogP contribution in [0.3, 0.4) is 0 Å². The lowest BCUT2D eigenvalue weighted by Gasteiger charge is -2.04. The number of carbonyl (C=O) groups excluding carboxylic acids is 1. The van der Waals surface area contributed by atoms with Crippen molar-refractivity contribution in [2.75, 3.05) is 12.4 Å². The highest BCUT2D eigenvalue weighted by Gasteiger charge is 2.09. The molecule has 0 saturated carbocycles. The number of anilines is 1. The van der Waals surface area contributed by atoms with Gasteiger partial charge in [-0.2, -0.15) is 0 Å². The predicted molar refractivity (Wildman–Crippen MR) is 133 cm³/mol. The first-order valence-corrected chi connectivity index (χ1v) is 11.1. The topological polar surface area (TPSA) is 76.4 Å². The minimum absolute atomic E-state index is 0.153. The van der Waals surface area contributed by atoms with Gasteiger partial charge in [0, 0.05) is 16.7 Å². The van der Waals surface area contributed by atoms with E-state index in [-0.39, 0.29) is 11.0 Å². The Kier molecular flexibility index (Phi) is 6.55. The molecular weight excluding hydrogens is 466 g/mol. The van der Waals surface area contributed by atoms with Crippen LogP contribution in [-0.4, -0.2) is 23.1 Å². The molecule has 0 atom stereocenters. The number of amides is 1. The summed E-state index contributed by atoms with van der Waals surface area (Å²) in [5.74, 6) is 1.56. The lowest BCUT2D eigenvalue weighted by Crippen LogP contribution is -2.32. The normalized spacial score (nSPS) is 11.1. The summed E-state index contributed by atoms with van der Waals surface area (Å²) in [4.78, 5) is 16.7. The lowest BCUT2D eigenvalue weighted by molar-refractivity contribution is -0.115. The van der Waals surface area contributed by atoms with E-state index in [0.717, 1.165) is 27.1 Å². The molecule has 2 aromatic heterocycles. The van der Waals surface area contributed by atoms with E-state index in [1.165, 1.54) is 17.4 Å². The number of carbonyl (C=O) groups is 1. The number of rotatable bonds is 5. The van der Waals surface area contributed by atoms with Gasteiger partial charge in [0.05, 0.1) is 17.3 Å². The number of aryl methyl sites for hydroxylation is 1. The molecule has 9 heteroatoms. The minimum Gasteiger partial charge on any atom is -0.497 e. The van der Waals surface area contributed by atoms with Crippen LogP contribution in [0.15, 0.2) is 59.0 Å².